The van der Waals surface area contributed by atoms with Crippen LogP contribution in [0.5, 0.6) is 5.75 Å². The van der Waals surface area contributed by atoms with Crippen LogP contribution < -0.4 is 16.0 Å². The Labute approximate surface area is 119 Å². The van der Waals surface area contributed by atoms with Gasteiger partial charge >= 0.3 is 0 Å². The second-order valence-electron chi connectivity index (χ2n) is 4.58. The number of nitrogens with zero attached hydrogens (tertiary/aromatic N) is 2. The number of nitrogens with one attached hydrogen (secondary N) is 1. The molecular weight excluding hydrogens is 252 g/mol. The Hall–Kier alpha value is -1.98. The molecule has 0 bridgehead atoms. The Morgan fingerprint density at radius 2 is 2.05 bits per heavy atom. The van der Waals surface area contributed by atoms with Gasteiger partial charge in [-0.25, -0.2) is 0 Å². The van der Waals surface area contributed by atoms with Crippen LogP contribution in [-0.4, -0.2) is 16.6 Å². The monoisotopic (exact) mass is 272 g/mol. The molecule has 2 aromatic rings. The maximum Gasteiger partial charge on any atom is 0.137 e. The van der Waals surface area contributed by atoms with Crippen molar-refractivity contribution >= 4 is 0 Å². The van der Waals surface area contributed by atoms with Gasteiger partial charge in [0.05, 0.1) is 18.8 Å². The molecule has 2 aromatic heterocycles. The summed E-state index contributed by atoms with van der Waals surface area (Å²) in [6, 6.07) is 5.94. The van der Waals surface area contributed by atoms with Crippen molar-refractivity contribution in [2.24, 2.45) is 5.84 Å². The van der Waals surface area contributed by atoms with Gasteiger partial charge in [0.25, 0.3) is 0 Å². The van der Waals surface area contributed by atoms with Gasteiger partial charge in [-0.1, -0.05) is 6.92 Å². The van der Waals surface area contributed by atoms with E-state index in [2.05, 4.69) is 22.3 Å². The number of hydrogen-bond donors (Lipinski definition) is 2. The van der Waals surface area contributed by atoms with E-state index in [4.69, 9.17) is 10.6 Å². The average Bonchev–Trinajstić information content (AvgIpc) is 2.52. The summed E-state index contributed by atoms with van der Waals surface area (Å²) in [6.45, 7) is 2.77. The smallest absolute Gasteiger partial charge is 0.137 e. The van der Waals surface area contributed by atoms with E-state index in [0.29, 0.717) is 6.61 Å². The second-order valence-corrected chi connectivity index (χ2v) is 4.58. The molecule has 20 heavy (non-hydrogen) atoms. The van der Waals surface area contributed by atoms with Gasteiger partial charge in [-0.2, -0.15) is 0 Å². The van der Waals surface area contributed by atoms with Crippen LogP contribution >= 0.6 is 0 Å². The third-order valence-electron chi connectivity index (χ3n) is 3.00. The normalized spacial score (nSPS) is 12.1. The Kier molecular flexibility index (Phi) is 5.46. The van der Waals surface area contributed by atoms with Crippen molar-refractivity contribution in [3.63, 3.8) is 0 Å². The van der Waals surface area contributed by atoms with Crippen molar-refractivity contribution in [3.8, 4) is 5.75 Å². The first kappa shape index (κ1) is 14.4. The van der Waals surface area contributed by atoms with Gasteiger partial charge in [0.1, 0.15) is 5.75 Å². The first-order chi connectivity index (χ1) is 9.83. The molecule has 0 spiro atoms. The zero-order valence-electron chi connectivity index (χ0n) is 11.6. The average molecular weight is 272 g/mol. The molecule has 2 heterocycles. The van der Waals surface area contributed by atoms with E-state index >= 15 is 0 Å². The van der Waals surface area contributed by atoms with Crippen molar-refractivity contribution < 1.29 is 4.74 Å². The number of nitrogens with two attached hydrogens (primary N) is 1. The highest BCUT2D eigenvalue weighted by Gasteiger charge is 2.12. The highest BCUT2D eigenvalue weighted by atomic mass is 16.5. The van der Waals surface area contributed by atoms with E-state index in [9.17, 15) is 0 Å². The molecular formula is C15H20N4O. The molecule has 0 aliphatic heterocycles. The predicted molar refractivity (Wildman–Crippen MR) is 78.0 cm³/mol. The quantitative estimate of drug-likeness (QED) is 0.596. The number of hydrogen-bond acceptors (Lipinski definition) is 5. The molecule has 5 nitrogen and oxygen atoms in total. The summed E-state index contributed by atoms with van der Waals surface area (Å²) in [4.78, 5) is 8.23. The largest absolute Gasteiger partial charge is 0.492 e. The van der Waals surface area contributed by atoms with Crippen LogP contribution in [0.1, 0.15) is 30.5 Å². The molecule has 0 radical (unpaired) electrons. The molecule has 0 aromatic carbocycles. The van der Waals surface area contributed by atoms with Gasteiger partial charge in [0.2, 0.25) is 0 Å². The van der Waals surface area contributed by atoms with Crippen LogP contribution in [0.15, 0.2) is 43.0 Å². The standard InChI is InChI=1S/C15H20N4O/c1-2-7-20-14-9-13(10-18-11-14)15(19-16)8-12-3-5-17-6-4-12/h3-6,9-11,15,19H,2,7-8,16H2,1H3. The van der Waals surface area contributed by atoms with Gasteiger partial charge in [-0.3, -0.25) is 21.2 Å². The lowest BCUT2D eigenvalue weighted by Crippen LogP contribution is -2.29. The summed E-state index contributed by atoms with van der Waals surface area (Å²) in [5.41, 5.74) is 5.02. The molecule has 0 aliphatic carbocycles. The van der Waals surface area contributed by atoms with Gasteiger partial charge in [0, 0.05) is 18.6 Å². The van der Waals surface area contributed by atoms with Crippen molar-refractivity contribution in [2.45, 2.75) is 25.8 Å². The van der Waals surface area contributed by atoms with E-state index in [1.807, 2.05) is 24.4 Å². The summed E-state index contributed by atoms with van der Waals surface area (Å²) in [6.07, 6.45) is 8.84. The van der Waals surface area contributed by atoms with E-state index in [0.717, 1.165) is 24.2 Å². The van der Waals surface area contributed by atoms with Crippen molar-refractivity contribution in [1.82, 2.24) is 15.4 Å². The number of pyridine rings is 2. The third-order valence-corrected chi connectivity index (χ3v) is 3.00. The minimum Gasteiger partial charge on any atom is -0.492 e. The minimum absolute atomic E-state index is 0.00456. The first-order valence-electron chi connectivity index (χ1n) is 6.76. The molecule has 0 amide bonds. The van der Waals surface area contributed by atoms with Crippen LogP contribution in [-0.2, 0) is 6.42 Å². The first-order valence-corrected chi connectivity index (χ1v) is 6.76. The number of hydrazine groups is 1. The molecule has 0 aliphatic rings. The van der Waals surface area contributed by atoms with E-state index in [1.165, 1.54) is 5.56 Å². The van der Waals surface area contributed by atoms with Crippen LogP contribution in [0.2, 0.25) is 0 Å². The van der Waals surface area contributed by atoms with Crippen molar-refractivity contribution in [1.29, 1.82) is 0 Å². The topological polar surface area (TPSA) is 73.1 Å². The van der Waals surface area contributed by atoms with Crippen LogP contribution in [0.25, 0.3) is 0 Å². The Balaban J connectivity index is 2.10. The fourth-order valence-corrected chi connectivity index (χ4v) is 1.95. The highest BCUT2D eigenvalue weighted by Crippen LogP contribution is 2.20. The van der Waals surface area contributed by atoms with E-state index in [-0.39, 0.29) is 6.04 Å². The lowest BCUT2D eigenvalue weighted by Gasteiger charge is -2.17. The van der Waals surface area contributed by atoms with Crippen LogP contribution in [0, 0.1) is 0 Å². The van der Waals surface area contributed by atoms with Crippen molar-refractivity contribution in [3.05, 3.63) is 54.1 Å². The molecule has 1 unspecified atom stereocenters. The molecule has 0 saturated heterocycles. The highest BCUT2D eigenvalue weighted by molar-refractivity contribution is 5.27. The maximum atomic E-state index is 5.67. The van der Waals surface area contributed by atoms with Gasteiger partial charge in [0.15, 0.2) is 0 Å². The Morgan fingerprint density at radius 3 is 2.75 bits per heavy atom. The minimum atomic E-state index is -0.00456. The van der Waals surface area contributed by atoms with E-state index in [1.54, 1.807) is 18.6 Å². The predicted octanol–water partition coefficient (Wildman–Crippen LogP) is 2.01. The summed E-state index contributed by atoms with van der Waals surface area (Å²) >= 11 is 0. The maximum absolute atomic E-state index is 5.67. The summed E-state index contributed by atoms with van der Waals surface area (Å²) in [5.74, 6) is 6.45. The summed E-state index contributed by atoms with van der Waals surface area (Å²) in [7, 11) is 0. The fraction of sp³-hybridized carbons (Fsp3) is 0.333. The molecule has 106 valence electrons. The van der Waals surface area contributed by atoms with Gasteiger partial charge in [-0.15, -0.1) is 0 Å². The van der Waals surface area contributed by atoms with Crippen molar-refractivity contribution in [2.75, 3.05) is 6.61 Å². The molecule has 3 N–H and O–H groups in total. The fourth-order valence-electron chi connectivity index (χ4n) is 1.95. The molecule has 5 heteroatoms. The number of rotatable bonds is 7. The summed E-state index contributed by atoms with van der Waals surface area (Å²) < 4.78 is 5.60. The molecule has 2 rings (SSSR count). The molecule has 1 atom stereocenters. The number of ether oxygens (including phenoxy) is 1. The third kappa shape index (κ3) is 4.01. The SMILES string of the molecule is CCCOc1cncc(C(Cc2ccncc2)NN)c1. The van der Waals surface area contributed by atoms with E-state index < -0.39 is 0 Å². The molecule has 0 fully saturated rings. The lowest BCUT2D eigenvalue weighted by molar-refractivity contribution is 0.315. The number of aromatic nitrogens is 2. The molecule has 0 saturated carbocycles. The lowest BCUT2D eigenvalue weighted by atomic mass is 10.0. The zero-order chi connectivity index (χ0) is 14.2. The van der Waals surface area contributed by atoms with Gasteiger partial charge < -0.3 is 4.74 Å². The van der Waals surface area contributed by atoms with Crippen LogP contribution in [0.3, 0.4) is 0 Å². The van der Waals surface area contributed by atoms with Gasteiger partial charge in [-0.05, 0) is 42.2 Å². The summed E-state index contributed by atoms with van der Waals surface area (Å²) in [5, 5.41) is 0. The Bertz CT molecular complexity index is 518. The second kappa shape index (κ2) is 7.57. The van der Waals surface area contributed by atoms with Crippen LogP contribution in [0.4, 0.5) is 0 Å². The zero-order valence-corrected chi connectivity index (χ0v) is 11.6. The Morgan fingerprint density at radius 1 is 1.25 bits per heavy atom.